The predicted octanol–water partition coefficient (Wildman–Crippen LogP) is 4.51. The number of benzene rings is 2. The first-order chi connectivity index (χ1) is 14.0. The largest absolute Gasteiger partial charge is 0.497 e. The molecule has 0 spiro atoms. The molecule has 0 aliphatic rings. The van der Waals surface area contributed by atoms with E-state index >= 15 is 0 Å². The minimum Gasteiger partial charge on any atom is -0.497 e. The lowest BCUT2D eigenvalue weighted by molar-refractivity contribution is -0.120. The van der Waals surface area contributed by atoms with Crippen molar-refractivity contribution >= 4 is 17.7 Å². The lowest BCUT2D eigenvalue weighted by Crippen LogP contribution is -2.25. The molecule has 1 heterocycles. The molecule has 0 aliphatic carbocycles. The molecule has 0 aliphatic heterocycles. The van der Waals surface area contributed by atoms with Gasteiger partial charge in [0, 0.05) is 15.7 Å². The van der Waals surface area contributed by atoms with Crippen molar-refractivity contribution in [2.24, 2.45) is 0 Å². The van der Waals surface area contributed by atoms with Gasteiger partial charge in [0.2, 0.25) is 5.91 Å². The van der Waals surface area contributed by atoms with Gasteiger partial charge in [0.15, 0.2) is 0 Å². The Morgan fingerprint density at radius 1 is 1.07 bits per heavy atom. The predicted molar refractivity (Wildman–Crippen MR) is 117 cm³/mol. The van der Waals surface area contributed by atoms with Crippen LogP contribution in [0, 0.1) is 0 Å². The Kier molecular flexibility index (Phi) is 7.25. The minimum atomic E-state index is -0.0288. The van der Waals surface area contributed by atoms with E-state index in [-0.39, 0.29) is 5.91 Å². The quantitative estimate of drug-likeness (QED) is 0.557. The van der Waals surface area contributed by atoms with Crippen LogP contribution < -0.4 is 10.1 Å². The number of ether oxygens (including phenoxy) is 1. The molecule has 0 saturated carbocycles. The van der Waals surface area contributed by atoms with E-state index in [0.717, 1.165) is 28.3 Å². The first kappa shape index (κ1) is 20.9. The second kappa shape index (κ2) is 10.1. The van der Waals surface area contributed by atoms with Gasteiger partial charge in [0.25, 0.3) is 0 Å². The van der Waals surface area contributed by atoms with Crippen LogP contribution in [0.3, 0.4) is 0 Å². The summed E-state index contributed by atoms with van der Waals surface area (Å²) in [6.07, 6.45) is 1.87. The number of thioether (sulfide) groups is 1. The van der Waals surface area contributed by atoms with E-state index in [9.17, 15) is 4.79 Å². The van der Waals surface area contributed by atoms with E-state index in [1.165, 1.54) is 11.2 Å². The summed E-state index contributed by atoms with van der Waals surface area (Å²) in [6.45, 7) is 4.70. The van der Waals surface area contributed by atoms with Crippen molar-refractivity contribution in [3.05, 3.63) is 72.2 Å². The van der Waals surface area contributed by atoms with Gasteiger partial charge in [-0.2, -0.15) is 0 Å². The molecule has 1 aromatic heterocycles. The number of carbonyl (C=O) groups is 1. The van der Waals surface area contributed by atoms with E-state index in [1.807, 2.05) is 54.2 Å². The summed E-state index contributed by atoms with van der Waals surface area (Å²) in [4.78, 5) is 22.1. The molecule has 3 aromatic rings. The normalized spacial score (nSPS) is 10.8. The molecular formula is C23H25N3O2S. The number of nitrogens with zero attached hydrogens (tertiary/aromatic N) is 2. The van der Waals surface area contributed by atoms with Gasteiger partial charge in [-0.05, 0) is 48.0 Å². The molecule has 6 heteroatoms. The molecule has 0 bridgehead atoms. The maximum absolute atomic E-state index is 12.3. The van der Waals surface area contributed by atoms with Crippen molar-refractivity contribution < 1.29 is 9.53 Å². The second-order valence-electron chi connectivity index (χ2n) is 6.89. The van der Waals surface area contributed by atoms with Crippen LogP contribution in [0.4, 0.5) is 0 Å². The van der Waals surface area contributed by atoms with Gasteiger partial charge in [-0.1, -0.05) is 26.0 Å². The number of carbonyl (C=O) groups excluding carboxylic acids is 1. The van der Waals surface area contributed by atoms with E-state index in [4.69, 9.17) is 4.74 Å². The monoisotopic (exact) mass is 407 g/mol. The Hall–Kier alpha value is -2.86. The summed E-state index contributed by atoms with van der Waals surface area (Å²) in [5.41, 5.74) is 3.55. The van der Waals surface area contributed by atoms with Crippen LogP contribution in [0.15, 0.2) is 65.8 Å². The van der Waals surface area contributed by atoms with Gasteiger partial charge >= 0.3 is 0 Å². The zero-order valence-corrected chi connectivity index (χ0v) is 17.7. The average Bonchev–Trinajstić information content (AvgIpc) is 2.73. The van der Waals surface area contributed by atoms with Crippen LogP contribution in [-0.4, -0.2) is 28.2 Å². The Morgan fingerprint density at radius 2 is 1.79 bits per heavy atom. The molecule has 0 radical (unpaired) electrons. The van der Waals surface area contributed by atoms with Crippen LogP contribution in [0.25, 0.3) is 11.3 Å². The number of aromatic nitrogens is 2. The second-order valence-corrected chi connectivity index (χ2v) is 8.54. The zero-order valence-electron chi connectivity index (χ0n) is 16.9. The number of nitrogens with one attached hydrogen (secondary N) is 1. The fourth-order valence-corrected chi connectivity index (χ4v) is 3.65. The molecule has 0 fully saturated rings. The Balaban J connectivity index is 1.56. The summed E-state index contributed by atoms with van der Waals surface area (Å²) in [5.74, 6) is 0.769. The average molecular weight is 408 g/mol. The van der Waals surface area contributed by atoms with Gasteiger partial charge in [-0.15, -0.1) is 11.8 Å². The highest BCUT2D eigenvalue weighted by molar-refractivity contribution is 7.99. The highest BCUT2D eigenvalue weighted by atomic mass is 32.2. The molecule has 0 saturated heterocycles. The summed E-state index contributed by atoms with van der Waals surface area (Å²) >= 11 is 1.81. The molecule has 5 nitrogen and oxygen atoms in total. The summed E-state index contributed by atoms with van der Waals surface area (Å²) in [7, 11) is 1.64. The van der Waals surface area contributed by atoms with E-state index in [2.05, 4.69) is 41.3 Å². The van der Waals surface area contributed by atoms with Crippen molar-refractivity contribution in [1.82, 2.24) is 15.3 Å². The van der Waals surface area contributed by atoms with E-state index in [1.54, 1.807) is 7.11 Å². The topological polar surface area (TPSA) is 64.1 Å². The first-order valence-electron chi connectivity index (χ1n) is 9.51. The maximum atomic E-state index is 12.3. The zero-order chi connectivity index (χ0) is 20.6. The highest BCUT2D eigenvalue weighted by Crippen LogP contribution is 2.23. The van der Waals surface area contributed by atoms with Crippen LogP contribution in [0.5, 0.6) is 5.75 Å². The minimum absolute atomic E-state index is 0.0288. The molecule has 2 aromatic carbocycles. The van der Waals surface area contributed by atoms with Gasteiger partial charge < -0.3 is 10.1 Å². The first-order valence-corrected chi connectivity index (χ1v) is 10.4. The van der Waals surface area contributed by atoms with Crippen LogP contribution in [0.1, 0.15) is 25.1 Å². The lowest BCUT2D eigenvalue weighted by Gasteiger charge is -2.08. The third kappa shape index (κ3) is 6.32. The van der Waals surface area contributed by atoms with Crippen molar-refractivity contribution in [2.75, 3.05) is 7.11 Å². The standard InChI is InChI=1S/C23H25N3O2S/c1-16(2)29-21-10-4-17(5-11-21)12-23(27)24-14-19-13-22(26-15-25-19)18-6-8-20(28-3)9-7-18/h4-11,13,15-16H,12,14H2,1-3H3,(H,24,27). The Morgan fingerprint density at radius 3 is 2.45 bits per heavy atom. The molecule has 0 unspecified atom stereocenters. The van der Waals surface area contributed by atoms with Crippen molar-refractivity contribution in [2.45, 2.75) is 37.0 Å². The van der Waals surface area contributed by atoms with Gasteiger partial charge in [-0.3, -0.25) is 4.79 Å². The summed E-state index contributed by atoms with van der Waals surface area (Å²) < 4.78 is 5.18. The number of rotatable bonds is 8. The summed E-state index contributed by atoms with van der Waals surface area (Å²) in [5, 5.41) is 3.48. The molecule has 150 valence electrons. The third-order valence-electron chi connectivity index (χ3n) is 4.24. The number of methoxy groups -OCH3 is 1. The summed E-state index contributed by atoms with van der Waals surface area (Å²) in [6, 6.07) is 17.7. The van der Waals surface area contributed by atoms with E-state index < -0.39 is 0 Å². The van der Waals surface area contributed by atoms with Crippen LogP contribution in [-0.2, 0) is 17.8 Å². The SMILES string of the molecule is COc1ccc(-c2cc(CNC(=O)Cc3ccc(SC(C)C)cc3)ncn2)cc1. The molecule has 0 atom stereocenters. The third-order valence-corrected chi connectivity index (χ3v) is 5.25. The Bertz CT molecular complexity index is 941. The van der Waals surface area contributed by atoms with Crippen molar-refractivity contribution in [1.29, 1.82) is 0 Å². The Labute approximate surface area is 175 Å². The molecule has 29 heavy (non-hydrogen) atoms. The van der Waals surface area contributed by atoms with Crippen LogP contribution >= 0.6 is 11.8 Å². The van der Waals surface area contributed by atoms with E-state index in [0.29, 0.717) is 18.2 Å². The lowest BCUT2D eigenvalue weighted by atomic mass is 10.1. The molecule has 1 amide bonds. The fourth-order valence-electron chi connectivity index (χ4n) is 2.81. The van der Waals surface area contributed by atoms with Crippen molar-refractivity contribution in [3.63, 3.8) is 0 Å². The van der Waals surface area contributed by atoms with Crippen LogP contribution in [0.2, 0.25) is 0 Å². The van der Waals surface area contributed by atoms with Gasteiger partial charge in [-0.25, -0.2) is 9.97 Å². The number of hydrogen-bond acceptors (Lipinski definition) is 5. The number of amides is 1. The van der Waals surface area contributed by atoms with Gasteiger partial charge in [0.1, 0.15) is 12.1 Å². The fraction of sp³-hybridized carbons (Fsp3) is 0.261. The van der Waals surface area contributed by atoms with Crippen molar-refractivity contribution in [3.8, 4) is 17.0 Å². The highest BCUT2D eigenvalue weighted by Gasteiger charge is 2.07. The molecule has 3 rings (SSSR count). The smallest absolute Gasteiger partial charge is 0.224 e. The molecule has 1 N–H and O–H groups in total. The maximum Gasteiger partial charge on any atom is 0.224 e. The molecular weight excluding hydrogens is 382 g/mol. The number of hydrogen-bond donors (Lipinski definition) is 1. The van der Waals surface area contributed by atoms with Gasteiger partial charge in [0.05, 0.1) is 31.5 Å².